The van der Waals surface area contributed by atoms with E-state index in [0.29, 0.717) is 6.54 Å². The zero-order valence-electron chi connectivity index (χ0n) is 11.1. The van der Waals surface area contributed by atoms with E-state index in [1.54, 1.807) is 0 Å². The normalized spacial score (nSPS) is 11.6. The summed E-state index contributed by atoms with van der Waals surface area (Å²) >= 11 is 0. The van der Waals surface area contributed by atoms with E-state index >= 15 is 0 Å². The highest BCUT2D eigenvalue weighted by Crippen LogP contribution is 2.07. The minimum atomic E-state index is -0.301. The van der Waals surface area contributed by atoms with Crippen LogP contribution < -0.4 is 5.73 Å². The molecule has 0 aliphatic carbocycles. The Kier molecular flexibility index (Phi) is 6.58. The molecule has 1 aromatic carbocycles. The molecule has 0 saturated carbocycles. The molecule has 0 radical (unpaired) electrons. The molecule has 0 aromatic heterocycles. The van der Waals surface area contributed by atoms with Crippen LogP contribution in [0.25, 0.3) is 0 Å². The summed E-state index contributed by atoms with van der Waals surface area (Å²) in [5, 5.41) is 8.81. The molecule has 0 aliphatic heterocycles. The summed E-state index contributed by atoms with van der Waals surface area (Å²) in [5.41, 5.74) is 6.49. The van der Waals surface area contributed by atoms with Crippen LogP contribution in [0.5, 0.6) is 0 Å². The van der Waals surface area contributed by atoms with Gasteiger partial charge in [-0.3, -0.25) is 4.79 Å². The van der Waals surface area contributed by atoms with Crippen molar-refractivity contribution in [3.63, 3.8) is 0 Å². The van der Waals surface area contributed by atoms with E-state index in [1.807, 2.05) is 36.4 Å². The molecule has 102 valence electrons. The van der Waals surface area contributed by atoms with Gasteiger partial charge in [0, 0.05) is 20.2 Å². The number of nitrogens with zero attached hydrogens (tertiary/aromatic N) is 2. The van der Waals surface area contributed by atoms with Crippen molar-refractivity contribution in [2.75, 3.05) is 20.2 Å². The number of amides is 1. The van der Waals surface area contributed by atoms with E-state index in [-0.39, 0.29) is 31.5 Å². The van der Waals surface area contributed by atoms with Crippen molar-refractivity contribution < 1.29 is 9.53 Å². The predicted molar refractivity (Wildman–Crippen MR) is 71.9 cm³/mol. The first kappa shape index (κ1) is 15.2. The molecule has 1 unspecified atom stereocenters. The molecule has 0 aliphatic rings. The first-order chi connectivity index (χ1) is 9.21. The first-order valence-electron chi connectivity index (χ1n) is 6.12. The lowest BCUT2D eigenvalue weighted by atomic mass is 10.2. The van der Waals surface area contributed by atoms with Crippen molar-refractivity contribution in [2.45, 2.75) is 19.1 Å². The van der Waals surface area contributed by atoms with E-state index in [0.717, 1.165) is 5.56 Å². The van der Waals surface area contributed by atoms with Gasteiger partial charge in [0.1, 0.15) is 6.54 Å². The fraction of sp³-hybridized carbons (Fsp3) is 0.429. The highest BCUT2D eigenvalue weighted by Gasteiger charge is 2.18. The van der Waals surface area contributed by atoms with Crippen molar-refractivity contribution in [2.24, 2.45) is 5.73 Å². The minimum Gasteiger partial charge on any atom is -0.380 e. The molecule has 1 aromatic rings. The Morgan fingerprint density at radius 3 is 2.68 bits per heavy atom. The van der Waals surface area contributed by atoms with Gasteiger partial charge in [-0.05, 0) is 5.56 Å². The van der Waals surface area contributed by atoms with Gasteiger partial charge in [0.25, 0.3) is 0 Å². The first-order valence-corrected chi connectivity index (χ1v) is 6.12. The summed E-state index contributed by atoms with van der Waals surface area (Å²) in [6.07, 6.45) is -0.105. The van der Waals surface area contributed by atoms with E-state index < -0.39 is 0 Å². The highest BCUT2D eigenvalue weighted by molar-refractivity contribution is 5.77. The SMILES string of the molecule is COC(CN)CC(=O)N(CC#N)Cc1ccccc1. The Morgan fingerprint density at radius 2 is 2.16 bits per heavy atom. The molecule has 0 bridgehead atoms. The predicted octanol–water partition coefficient (Wildman–Crippen LogP) is 0.903. The standard InChI is InChI=1S/C14H19N3O2/c1-19-13(10-16)9-14(18)17(8-7-15)11-12-5-3-2-4-6-12/h2-6,13H,8-11,16H2,1H3. The van der Waals surface area contributed by atoms with E-state index in [9.17, 15) is 4.79 Å². The van der Waals surface area contributed by atoms with E-state index in [1.165, 1.54) is 12.0 Å². The Labute approximate surface area is 113 Å². The quantitative estimate of drug-likeness (QED) is 0.740. The lowest BCUT2D eigenvalue weighted by Gasteiger charge is -2.22. The number of benzene rings is 1. The van der Waals surface area contributed by atoms with Crippen LogP contribution in [0.3, 0.4) is 0 Å². The Morgan fingerprint density at radius 1 is 1.47 bits per heavy atom. The number of hydrogen-bond donors (Lipinski definition) is 1. The van der Waals surface area contributed by atoms with E-state index in [2.05, 4.69) is 0 Å². The van der Waals surface area contributed by atoms with Gasteiger partial charge >= 0.3 is 0 Å². The Hall–Kier alpha value is -1.90. The molecule has 0 heterocycles. The third kappa shape index (κ3) is 5.08. The average molecular weight is 261 g/mol. The number of nitrogens with two attached hydrogens (primary N) is 1. The minimum absolute atomic E-state index is 0.0642. The molecular formula is C14H19N3O2. The van der Waals surface area contributed by atoms with Gasteiger partial charge in [0.15, 0.2) is 0 Å². The molecule has 1 amide bonds. The Balaban J connectivity index is 2.66. The molecule has 0 saturated heterocycles. The van der Waals surface area contributed by atoms with Gasteiger partial charge in [-0.15, -0.1) is 0 Å². The zero-order chi connectivity index (χ0) is 14.1. The van der Waals surface area contributed by atoms with Crippen LogP contribution in [0.2, 0.25) is 0 Å². The maximum Gasteiger partial charge on any atom is 0.226 e. The van der Waals surface area contributed by atoms with Crippen LogP contribution in [0, 0.1) is 11.3 Å². The molecule has 0 fully saturated rings. The Bertz CT molecular complexity index is 424. The van der Waals surface area contributed by atoms with Gasteiger partial charge in [-0.1, -0.05) is 30.3 Å². The molecule has 1 atom stereocenters. The second-order valence-electron chi connectivity index (χ2n) is 4.19. The average Bonchev–Trinajstić information content (AvgIpc) is 2.45. The second-order valence-corrected chi connectivity index (χ2v) is 4.19. The zero-order valence-corrected chi connectivity index (χ0v) is 11.1. The molecule has 2 N–H and O–H groups in total. The summed E-state index contributed by atoms with van der Waals surface area (Å²) in [7, 11) is 1.52. The highest BCUT2D eigenvalue weighted by atomic mass is 16.5. The van der Waals surface area contributed by atoms with Crippen LogP contribution in [-0.4, -0.2) is 37.1 Å². The van der Waals surface area contributed by atoms with Crippen LogP contribution in [-0.2, 0) is 16.1 Å². The monoisotopic (exact) mass is 261 g/mol. The van der Waals surface area contributed by atoms with Crippen molar-refractivity contribution in [1.29, 1.82) is 5.26 Å². The van der Waals surface area contributed by atoms with Crippen molar-refractivity contribution in [1.82, 2.24) is 4.90 Å². The summed E-state index contributed by atoms with van der Waals surface area (Å²) in [6.45, 7) is 0.775. The maximum atomic E-state index is 12.1. The largest absolute Gasteiger partial charge is 0.380 e. The molecule has 0 spiro atoms. The van der Waals surface area contributed by atoms with Crippen molar-refractivity contribution in [3.8, 4) is 6.07 Å². The van der Waals surface area contributed by atoms with Crippen LogP contribution in [0.1, 0.15) is 12.0 Å². The fourth-order valence-corrected chi connectivity index (χ4v) is 1.71. The number of methoxy groups -OCH3 is 1. The lowest BCUT2D eigenvalue weighted by molar-refractivity contribution is -0.133. The maximum absolute atomic E-state index is 12.1. The molecule has 1 rings (SSSR count). The third-order valence-electron chi connectivity index (χ3n) is 2.83. The fourth-order valence-electron chi connectivity index (χ4n) is 1.71. The summed E-state index contributed by atoms with van der Waals surface area (Å²) in [5.74, 6) is -0.122. The third-order valence-corrected chi connectivity index (χ3v) is 2.83. The lowest BCUT2D eigenvalue weighted by Crippen LogP contribution is -2.36. The summed E-state index contributed by atoms with van der Waals surface area (Å²) in [6, 6.07) is 11.6. The number of hydrogen-bond acceptors (Lipinski definition) is 4. The number of carbonyl (C=O) groups excluding carboxylic acids is 1. The molecule has 19 heavy (non-hydrogen) atoms. The number of nitriles is 1. The van der Waals surface area contributed by atoms with Crippen molar-refractivity contribution in [3.05, 3.63) is 35.9 Å². The van der Waals surface area contributed by atoms with Gasteiger partial charge in [0.2, 0.25) is 5.91 Å². The van der Waals surface area contributed by atoms with Crippen molar-refractivity contribution >= 4 is 5.91 Å². The molecule has 5 heteroatoms. The molecular weight excluding hydrogens is 242 g/mol. The molecule has 5 nitrogen and oxygen atoms in total. The van der Waals surface area contributed by atoms with E-state index in [4.69, 9.17) is 15.7 Å². The van der Waals surface area contributed by atoms with Gasteiger partial charge in [0.05, 0.1) is 18.6 Å². The topological polar surface area (TPSA) is 79.3 Å². The van der Waals surface area contributed by atoms with Crippen LogP contribution in [0.15, 0.2) is 30.3 Å². The number of ether oxygens (including phenoxy) is 1. The smallest absolute Gasteiger partial charge is 0.226 e. The van der Waals surface area contributed by atoms with Crippen LogP contribution in [0.4, 0.5) is 0 Å². The van der Waals surface area contributed by atoms with Gasteiger partial charge in [-0.25, -0.2) is 0 Å². The van der Waals surface area contributed by atoms with Gasteiger partial charge < -0.3 is 15.4 Å². The summed E-state index contributed by atoms with van der Waals surface area (Å²) in [4.78, 5) is 13.6. The van der Waals surface area contributed by atoms with Crippen LogP contribution >= 0.6 is 0 Å². The number of carbonyl (C=O) groups is 1. The number of rotatable bonds is 7. The van der Waals surface area contributed by atoms with Gasteiger partial charge in [-0.2, -0.15) is 5.26 Å². The second kappa shape index (κ2) is 8.25. The summed E-state index contributed by atoms with van der Waals surface area (Å²) < 4.78 is 5.09.